The van der Waals surface area contributed by atoms with E-state index in [1.165, 1.54) is 0 Å². The number of nitrogens with two attached hydrogens (primary N) is 1. The lowest BCUT2D eigenvalue weighted by molar-refractivity contribution is 1.31. The standard InChI is InChI=1S/C20H14N4/c1-13-2-6-15(7-3-13)17-10-19(24-20(23)18(17)12-22)16-8-4-14(11-21)5-9-16/h2-10H,1H3,(H2,23,24). The van der Waals surface area contributed by atoms with Gasteiger partial charge < -0.3 is 5.73 Å². The highest BCUT2D eigenvalue weighted by molar-refractivity contribution is 5.80. The molecule has 2 N–H and O–H groups in total. The molecule has 114 valence electrons. The largest absolute Gasteiger partial charge is 0.383 e. The zero-order chi connectivity index (χ0) is 17.1. The van der Waals surface area contributed by atoms with Gasteiger partial charge in [-0.1, -0.05) is 42.0 Å². The third kappa shape index (κ3) is 2.82. The van der Waals surface area contributed by atoms with Crippen molar-refractivity contribution in [2.75, 3.05) is 5.73 Å². The molecule has 3 aromatic rings. The van der Waals surface area contributed by atoms with Crippen LogP contribution in [0.5, 0.6) is 0 Å². The Morgan fingerprint density at radius 3 is 2.08 bits per heavy atom. The molecule has 0 unspecified atom stereocenters. The fraction of sp³-hybridized carbons (Fsp3) is 0.0500. The molecule has 0 aliphatic rings. The maximum atomic E-state index is 9.44. The number of nitrogen functional groups attached to an aromatic ring is 1. The predicted molar refractivity (Wildman–Crippen MR) is 93.7 cm³/mol. The second kappa shape index (κ2) is 6.24. The van der Waals surface area contributed by atoms with Gasteiger partial charge in [0.25, 0.3) is 0 Å². The molecule has 0 bridgehead atoms. The molecular weight excluding hydrogens is 296 g/mol. The Morgan fingerprint density at radius 1 is 0.875 bits per heavy atom. The van der Waals surface area contributed by atoms with Crippen molar-refractivity contribution >= 4 is 5.82 Å². The Hall–Kier alpha value is -3.63. The summed E-state index contributed by atoms with van der Waals surface area (Å²) in [6.45, 7) is 2.01. The highest BCUT2D eigenvalue weighted by atomic mass is 14.8. The Kier molecular flexibility index (Phi) is 3.97. The predicted octanol–water partition coefficient (Wildman–Crippen LogP) is 4.05. The first kappa shape index (κ1) is 15.3. The van der Waals surface area contributed by atoms with E-state index >= 15 is 0 Å². The van der Waals surface area contributed by atoms with Crippen LogP contribution in [0.1, 0.15) is 16.7 Å². The molecule has 0 saturated heterocycles. The first-order valence-corrected chi connectivity index (χ1v) is 7.40. The molecule has 0 fully saturated rings. The highest BCUT2D eigenvalue weighted by Crippen LogP contribution is 2.31. The third-order valence-corrected chi connectivity index (χ3v) is 3.83. The number of anilines is 1. The van der Waals surface area contributed by atoms with Crippen LogP contribution in [0.4, 0.5) is 5.82 Å². The van der Waals surface area contributed by atoms with Crippen LogP contribution in [-0.4, -0.2) is 4.98 Å². The number of hydrogen-bond donors (Lipinski definition) is 1. The molecule has 4 heteroatoms. The van der Waals surface area contributed by atoms with E-state index in [4.69, 9.17) is 11.0 Å². The van der Waals surface area contributed by atoms with Gasteiger partial charge in [-0.05, 0) is 30.7 Å². The normalized spacial score (nSPS) is 9.96. The topological polar surface area (TPSA) is 86.5 Å². The molecule has 0 amide bonds. The van der Waals surface area contributed by atoms with Crippen LogP contribution >= 0.6 is 0 Å². The van der Waals surface area contributed by atoms with Gasteiger partial charge in [0.05, 0.1) is 17.3 Å². The van der Waals surface area contributed by atoms with Crippen LogP contribution in [0.2, 0.25) is 0 Å². The molecule has 24 heavy (non-hydrogen) atoms. The van der Waals surface area contributed by atoms with Crippen LogP contribution in [0.3, 0.4) is 0 Å². The van der Waals surface area contributed by atoms with Gasteiger partial charge in [0.15, 0.2) is 0 Å². The third-order valence-electron chi connectivity index (χ3n) is 3.83. The van der Waals surface area contributed by atoms with E-state index in [0.29, 0.717) is 16.8 Å². The molecular formula is C20H14N4. The lowest BCUT2D eigenvalue weighted by atomic mass is 9.97. The van der Waals surface area contributed by atoms with Gasteiger partial charge in [-0.2, -0.15) is 10.5 Å². The molecule has 2 aromatic carbocycles. The van der Waals surface area contributed by atoms with Crippen LogP contribution in [0, 0.1) is 29.6 Å². The second-order valence-electron chi connectivity index (χ2n) is 5.48. The van der Waals surface area contributed by atoms with E-state index in [-0.39, 0.29) is 5.82 Å². The minimum absolute atomic E-state index is 0.204. The number of aryl methyl sites for hydroxylation is 1. The summed E-state index contributed by atoms with van der Waals surface area (Å²) in [6, 6.07) is 21.1. The molecule has 0 saturated carbocycles. The van der Waals surface area contributed by atoms with Crippen molar-refractivity contribution in [2.45, 2.75) is 6.92 Å². The van der Waals surface area contributed by atoms with Gasteiger partial charge in [0, 0.05) is 11.1 Å². The zero-order valence-corrected chi connectivity index (χ0v) is 13.1. The Balaban J connectivity index is 2.18. The summed E-state index contributed by atoms with van der Waals surface area (Å²) >= 11 is 0. The van der Waals surface area contributed by atoms with Gasteiger partial charge in [0.2, 0.25) is 0 Å². The fourth-order valence-corrected chi connectivity index (χ4v) is 2.51. The number of hydrogen-bond acceptors (Lipinski definition) is 4. The molecule has 4 nitrogen and oxygen atoms in total. The van der Waals surface area contributed by atoms with Crippen LogP contribution in [-0.2, 0) is 0 Å². The van der Waals surface area contributed by atoms with Crippen molar-refractivity contribution < 1.29 is 0 Å². The van der Waals surface area contributed by atoms with E-state index in [0.717, 1.165) is 22.3 Å². The first-order chi connectivity index (χ1) is 11.6. The molecule has 0 spiro atoms. The summed E-state index contributed by atoms with van der Waals surface area (Å²) in [7, 11) is 0. The number of aromatic nitrogens is 1. The van der Waals surface area contributed by atoms with E-state index in [9.17, 15) is 5.26 Å². The molecule has 0 atom stereocenters. The fourth-order valence-electron chi connectivity index (χ4n) is 2.51. The Morgan fingerprint density at radius 2 is 1.50 bits per heavy atom. The van der Waals surface area contributed by atoms with Crippen LogP contribution in [0.25, 0.3) is 22.4 Å². The van der Waals surface area contributed by atoms with E-state index in [1.54, 1.807) is 12.1 Å². The summed E-state index contributed by atoms with van der Waals surface area (Å²) in [5.41, 5.74) is 11.3. The number of rotatable bonds is 2. The SMILES string of the molecule is Cc1ccc(-c2cc(-c3ccc(C#N)cc3)nc(N)c2C#N)cc1. The summed E-state index contributed by atoms with van der Waals surface area (Å²) in [5, 5.41) is 18.3. The number of benzene rings is 2. The molecule has 1 heterocycles. The molecule has 3 rings (SSSR count). The maximum absolute atomic E-state index is 9.44. The molecule has 0 aliphatic carbocycles. The smallest absolute Gasteiger partial charge is 0.142 e. The minimum Gasteiger partial charge on any atom is -0.383 e. The van der Waals surface area contributed by atoms with Gasteiger partial charge >= 0.3 is 0 Å². The summed E-state index contributed by atoms with van der Waals surface area (Å²) in [5.74, 6) is 0.204. The van der Waals surface area contributed by atoms with Gasteiger partial charge in [0.1, 0.15) is 17.5 Å². The van der Waals surface area contributed by atoms with Crippen molar-refractivity contribution in [1.29, 1.82) is 10.5 Å². The van der Waals surface area contributed by atoms with E-state index in [1.807, 2.05) is 49.4 Å². The summed E-state index contributed by atoms with van der Waals surface area (Å²) < 4.78 is 0. The zero-order valence-electron chi connectivity index (χ0n) is 13.1. The van der Waals surface area contributed by atoms with Crippen molar-refractivity contribution in [1.82, 2.24) is 4.98 Å². The highest BCUT2D eigenvalue weighted by Gasteiger charge is 2.13. The number of nitrogens with zero attached hydrogens (tertiary/aromatic N) is 3. The van der Waals surface area contributed by atoms with Crippen LogP contribution < -0.4 is 5.73 Å². The molecule has 0 aliphatic heterocycles. The van der Waals surface area contributed by atoms with Crippen molar-refractivity contribution in [3.63, 3.8) is 0 Å². The Bertz CT molecular complexity index is 972. The number of nitriles is 2. The lowest BCUT2D eigenvalue weighted by Gasteiger charge is -2.10. The summed E-state index contributed by atoms with van der Waals surface area (Å²) in [4.78, 5) is 4.35. The second-order valence-corrected chi connectivity index (χ2v) is 5.48. The molecule has 1 aromatic heterocycles. The van der Waals surface area contributed by atoms with Crippen molar-refractivity contribution in [3.05, 3.63) is 71.3 Å². The minimum atomic E-state index is 0.204. The van der Waals surface area contributed by atoms with Crippen molar-refractivity contribution in [3.8, 4) is 34.5 Å². The summed E-state index contributed by atoms with van der Waals surface area (Å²) in [6.07, 6.45) is 0. The maximum Gasteiger partial charge on any atom is 0.142 e. The van der Waals surface area contributed by atoms with Gasteiger partial charge in [-0.3, -0.25) is 0 Å². The van der Waals surface area contributed by atoms with Crippen molar-refractivity contribution in [2.24, 2.45) is 0 Å². The average molecular weight is 310 g/mol. The Labute approximate surface area is 140 Å². The van der Waals surface area contributed by atoms with E-state index < -0.39 is 0 Å². The van der Waals surface area contributed by atoms with E-state index in [2.05, 4.69) is 17.1 Å². The van der Waals surface area contributed by atoms with Gasteiger partial charge in [-0.25, -0.2) is 4.98 Å². The first-order valence-electron chi connectivity index (χ1n) is 7.40. The quantitative estimate of drug-likeness (QED) is 0.773. The monoisotopic (exact) mass is 310 g/mol. The van der Waals surface area contributed by atoms with Crippen LogP contribution in [0.15, 0.2) is 54.6 Å². The average Bonchev–Trinajstić information content (AvgIpc) is 2.62. The lowest BCUT2D eigenvalue weighted by Crippen LogP contribution is -1.99. The van der Waals surface area contributed by atoms with Gasteiger partial charge in [-0.15, -0.1) is 0 Å². The number of pyridine rings is 1. The molecule has 0 radical (unpaired) electrons.